The van der Waals surface area contributed by atoms with Crippen LogP contribution in [0.5, 0.6) is 0 Å². The van der Waals surface area contributed by atoms with Crippen LogP contribution in [-0.2, 0) is 17.9 Å². The van der Waals surface area contributed by atoms with E-state index < -0.39 is 0 Å². The van der Waals surface area contributed by atoms with E-state index >= 15 is 0 Å². The van der Waals surface area contributed by atoms with Gasteiger partial charge in [0.15, 0.2) is 0 Å². The van der Waals surface area contributed by atoms with Gasteiger partial charge in [-0.25, -0.2) is 0 Å². The van der Waals surface area contributed by atoms with Gasteiger partial charge in [0.25, 0.3) is 0 Å². The molecule has 2 aromatic rings. The van der Waals surface area contributed by atoms with Gasteiger partial charge in [-0.1, -0.05) is 69.4 Å². The Morgan fingerprint density at radius 2 is 1.81 bits per heavy atom. The molecule has 0 atom stereocenters. The number of rotatable bonds is 9. The van der Waals surface area contributed by atoms with Gasteiger partial charge in [0.1, 0.15) is 0 Å². The Morgan fingerprint density at radius 3 is 2.56 bits per heavy atom. The Labute approximate surface area is 164 Å². The Kier molecular flexibility index (Phi) is 7.55. The van der Waals surface area contributed by atoms with Crippen molar-refractivity contribution in [2.45, 2.75) is 71.4 Å². The lowest BCUT2D eigenvalue weighted by Gasteiger charge is -2.30. The van der Waals surface area contributed by atoms with Crippen molar-refractivity contribution in [1.29, 1.82) is 0 Å². The normalized spacial score (nSPS) is 15.0. The third kappa shape index (κ3) is 5.72. The molecule has 1 aliphatic carbocycles. The molecule has 1 saturated carbocycles. The van der Waals surface area contributed by atoms with E-state index in [4.69, 9.17) is 0 Å². The van der Waals surface area contributed by atoms with Gasteiger partial charge in [-0.05, 0) is 37.0 Å². The van der Waals surface area contributed by atoms with Crippen molar-refractivity contribution in [2.75, 3.05) is 6.54 Å². The summed E-state index contributed by atoms with van der Waals surface area (Å²) in [5, 5.41) is 0. The molecule has 0 bridgehead atoms. The number of hydrogen-bond donors (Lipinski definition) is 0. The zero-order valence-electron chi connectivity index (χ0n) is 16.8. The highest BCUT2D eigenvalue weighted by molar-refractivity contribution is 5.78. The molecule has 0 spiro atoms. The summed E-state index contributed by atoms with van der Waals surface area (Å²) in [5.74, 6) is 0.635. The van der Waals surface area contributed by atoms with Crippen LogP contribution in [0.4, 0.5) is 0 Å². The van der Waals surface area contributed by atoms with Gasteiger partial charge >= 0.3 is 0 Å². The van der Waals surface area contributed by atoms with E-state index in [0.29, 0.717) is 5.91 Å². The quantitative estimate of drug-likeness (QED) is 0.528. The lowest BCUT2D eigenvalue weighted by molar-refractivity contribution is -0.137. The number of unbranched alkanes of at least 4 members (excludes halogenated alkanes) is 2. The van der Waals surface area contributed by atoms with Crippen molar-refractivity contribution in [2.24, 2.45) is 5.92 Å². The second kappa shape index (κ2) is 10.3. The average Bonchev–Trinajstić information content (AvgIpc) is 3.15. The van der Waals surface area contributed by atoms with Gasteiger partial charge in [-0.15, -0.1) is 0 Å². The van der Waals surface area contributed by atoms with Crippen molar-refractivity contribution in [3.63, 3.8) is 0 Å². The number of benzene rings is 1. The van der Waals surface area contributed by atoms with Crippen LogP contribution in [0.25, 0.3) is 0 Å². The summed E-state index contributed by atoms with van der Waals surface area (Å²) in [4.78, 5) is 15.3. The predicted molar refractivity (Wildman–Crippen MR) is 111 cm³/mol. The SMILES string of the molecule is CCCCCN(Cc1cccn1Cc1ccccc1)C(=O)C1CCCCC1. The summed E-state index contributed by atoms with van der Waals surface area (Å²) >= 11 is 0. The van der Waals surface area contributed by atoms with Crippen LogP contribution >= 0.6 is 0 Å². The average molecular weight is 367 g/mol. The smallest absolute Gasteiger partial charge is 0.226 e. The number of carbonyl (C=O) groups is 1. The number of amides is 1. The topological polar surface area (TPSA) is 25.2 Å². The van der Waals surface area contributed by atoms with Crippen molar-refractivity contribution in [3.05, 3.63) is 59.9 Å². The highest BCUT2D eigenvalue weighted by Gasteiger charge is 2.26. The van der Waals surface area contributed by atoms with Gasteiger partial charge in [0.05, 0.1) is 6.54 Å². The van der Waals surface area contributed by atoms with Crippen LogP contribution < -0.4 is 0 Å². The van der Waals surface area contributed by atoms with Crippen molar-refractivity contribution in [3.8, 4) is 0 Å². The molecule has 146 valence electrons. The molecule has 1 aromatic carbocycles. The van der Waals surface area contributed by atoms with E-state index in [2.05, 4.69) is 65.1 Å². The Balaban J connectivity index is 1.69. The number of aromatic nitrogens is 1. The van der Waals surface area contributed by atoms with Gasteiger partial charge < -0.3 is 9.47 Å². The highest BCUT2D eigenvalue weighted by Crippen LogP contribution is 2.26. The molecule has 1 amide bonds. The lowest BCUT2D eigenvalue weighted by Crippen LogP contribution is -2.37. The van der Waals surface area contributed by atoms with Crippen LogP contribution in [0, 0.1) is 5.92 Å². The third-order valence-corrected chi connectivity index (χ3v) is 5.77. The minimum atomic E-state index is 0.248. The van der Waals surface area contributed by atoms with Crippen molar-refractivity contribution >= 4 is 5.91 Å². The molecule has 0 saturated heterocycles. The molecule has 1 aromatic heterocycles. The Bertz CT molecular complexity index is 685. The van der Waals surface area contributed by atoms with Crippen LogP contribution in [0.3, 0.4) is 0 Å². The Hall–Kier alpha value is -2.03. The molecular weight excluding hydrogens is 332 g/mol. The second-order valence-corrected chi connectivity index (χ2v) is 7.91. The summed E-state index contributed by atoms with van der Waals surface area (Å²) < 4.78 is 2.29. The summed E-state index contributed by atoms with van der Waals surface area (Å²) in [6.07, 6.45) is 11.5. The first kappa shape index (κ1) is 19.7. The van der Waals surface area contributed by atoms with Gasteiger partial charge in [-0.2, -0.15) is 0 Å². The zero-order chi connectivity index (χ0) is 18.9. The van der Waals surface area contributed by atoms with E-state index in [1.165, 1.54) is 43.4 Å². The monoisotopic (exact) mass is 366 g/mol. The third-order valence-electron chi connectivity index (χ3n) is 5.77. The maximum Gasteiger partial charge on any atom is 0.226 e. The molecule has 3 heteroatoms. The highest BCUT2D eigenvalue weighted by atomic mass is 16.2. The molecule has 3 nitrogen and oxygen atoms in total. The zero-order valence-corrected chi connectivity index (χ0v) is 16.8. The van der Waals surface area contributed by atoms with Crippen LogP contribution in [-0.4, -0.2) is 21.9 Å². The van der Waals surface area contributed by atoms with Gasteiger partial charge in [-0.3, -0.25) is 4.79 Å². The minimum Gasteiger partial charge on any atom is -0.345 e. The number of nitrogens with zero attached hydrogens (tertiary/aromatic N) is 2. The van der Waals surface area contributed by atoms with Gasteiger partial charge in [0.2, 0.25) is 5.91 Å². The largest absolute Gasteiger partial charge is 0.345 e. The number of carbonyl (C=O) groups excluding carboxylic acids is 1. The molecule has 1 fully saturated rings. The molecule has 27 heavy (non-hydrogen) atoms. The first-order valence-electron chi connectivity index (χ1n) is 10.7. The maximum absolute atomic E-state index is 13.2. The maximum atomic E-state index is 13.2. The molecule has 0 N–H and O–H groups in total. The molecule has 0 radical (unpaired) electrons. The number of hydrogen-bond acceptors (Lipinski definition) is 1. The first-order valence-corrected chi connectivity index (χ1v) is 10.7. The summed E-state index contributed by atoms with van der Waals surface area (Å²) in [5.41, 5.74) is 2.53. The van der Waals surface area contributed by atoms with Gasteiger partial charge in [0, 0.05) is 30.9 Å². The minimum absolute atomic E-state index is 0.248. The Morgan fingerprint density at radius 1 is 1.04 bits per heavy atom. The molecule has 0 aliphatic heterocycles. The molecule has 3 rings (SSSR count). The standard InChI is InChI=1S/C24H34N2O/c1-2-3-10-17-26(24(27)22-14-8-5-9-15-22)20-23-16-11-18-25(23)19-21-12-6-4-7-13-21/h4,6-7,11-13,16,18,22H,2-3,5,8-10,14-15,17,19-20H2,1H3. The van der Waals surface area contributed by atoms with E-state index in [1.54, 1.807) is 0 Å². The van der Waals surface area contributed by atoms with Crippen LogP contribution in [0.2, 0.25) is 0 Å². The van der Waals surface area contributed by atoms with Crippen molar-refractivity contribution in [1.82, 2.24) is 9.47 Å². The molecular formula is C24H34N2O. The van der Waals surface area contributed by atoms with Crippen LogP contribution in [0.1, 0.15) is 69.5 Å². The van der Waals surface area contributed by atoms with Crippen molar-refractivity contribution < 1.29 is 4.79 Å². The second-order valence-electron chi connectivity index (χ2n) is 7.91. The fraction of sp³-hybridized carbons (Fsp3) is 0.542. The van der Waals surface area contributed by atoms with E-state index in [0.717, 1.165) is 38.9 Å². The van der Waals surface area contributed by atoms with E-state index in [9.17, 15) is 4.79 Å². The molecule has 1 heterocycles. The summed E-state index contributed by atoms with van der Waals surface area (Å²) in [6.45, 7) is 4.71. The van der Waals surface area contributed by atoms with Crippen LogP contribution in [0.15, 0.2) is 48.7 Å². The predicted octanol–water partition coefficient (Wildman–Crippen LogP) is 5.64. The summed E-state index contributed by atoms with van der Waals surface area (Å²) in [6, 6.07) is 14.8. The fourth-order valence-corrected chi connectivity index (χ4v) is 4.15. The fourth-order valence-electron chi connectivity index (χ4n) is 4.15. The molecule has 1 aliphatic rings. The first-order chi connectivity index (χ1) is 13.3. The molecule has 0 unspecified atom stereocenters. The van der Waals surface area contributed by atoms with E-state index in [1.807, 2.05) is 0 Å². The lowest BCUT2D eigenvalue weighted by atomic mass is 9.88. The summed E-state index contributed by atoms with van der Waals surface area (Å²) in [7, 11) is 0. The van der Waals surface area contributed by atoms with E-state index in [-0.39, 0.29) is 5.92 Å².